The number of rotatable bonds is 4. The molecule has 104 valence electrons. The third kappa shape index (κ3) is 4.90. The van der Waals surface area contributed by atoms with E-state index >= 15 is 0 Å². The second-order valence-corrected chi connectivity index (χ2v) is 3.82. The van der Waals surface area contributed by atoms with E-state index in [0.717, 1.165) is 17.0 Å². The minimum atomic E-state index is -4.77. The number of carbonyl (C=O) groups is 1. The summed E-state index contributed by atoms with van der Waals surface area (Å²) in [5.41, 5.74) is 0.757. The first kappa shape index (κ1) is 14.9. The number of benzene rings is 1. The monoisotopic (exact) mass is 275 g/mol. The third-order valence-electron chi connectivity index (χ3n) is 2.23. The first-order valence-corrected chi connectivity index (χ1v) is 5.17. The molecule has 1 aromatic rings. The number of amides is 1. The summed E-state index contributed by atoms with van der Waals surface area (Å²) >= 11 is 0. The smallest absolute Gasteiger partial charge is 0.465 e. The topological polar surface area (TPSA) is 49.8 Å². The number of likely N-dealkylation sites (N-methyl/N-ethyl adjacent to an activating group) is 1. The molecule has 0 heterocycles. The third-order valence-corrected chi connectivity index (χ3v) is 2.23. The zero-order chi connectivity index (χ0) is 14.6. The fraction of sp³-hybridized carbons (Fsp3) is 0.250. The average molecular weight is 275 g/mol. The maximum absolute atomic E-state index is 12.1. The van der Waals surface area contributed by atoms with Gasteiger partial charge in [0.1, 0.15) is 5.75 Å². The van der Waals surface area contributed by atoms with Gasteiger partial charge in [0.25, 0.3) is 0 Å². The van der Waals surface area contributed by atoms with Crippen molar-refractivity contribution in [3.05, 3.63) is 36.4 Å². The van der Waals surface area contributed by atoms with Gasteiger partial charge in [-0.15, -0.1) is 13.2 Å². The van der Waals surface area contributed by atoms with E-state index in [9.17, 15) is 18.0 Å². The van der Waals surface area contributed by atoms with Gasteiger partial charge in [0.2, 0.25) is 0 Å². The van der Waals surface area contributed by atoms with Crippen LogP contribution in [0.5, 0.6) is 5.75 Å². The lowest BCUT2D eigenvalue weighted by Gasteiger charge is -2.16. The van der Waals surface area contributed by atoms with Gasteiger partial charge < -0.3 is 14.7 Å². The van der Waals surface area contributed by atoms with Crippen molar-refractivity contribution in [2.45, 2.75) is 6.36 Å². The quantitative estimate of drug-likeness (QED) is 0.918. The summed E-state index contributed by atoms with van der Waals surface area (Å²) in [7, 11) is 1.34. The average Bonchev–Trinajstić information content (AvgIpc) is 2.26. The number of hydrogen-bond donors (Lipinski definition) is 1. The van der Waals surface area contributed by atoms with Crippen molar-refractivity contribution in [1.82, 2.24) is 4.90 Å². The summed E-state index contributed by atoms with van der Waals surface area (Å²) in [6, 6.07) is 5.22. The van der Waals surface area contributed by atoms with E-state index < -0.39 is 12.5 Å². The molecule has 19 heavy (non-hydrogen) atoms. The van der Waals surface area contributed by atoms with Crippen LogP contribution in [0.3, 0.4) is 0 Å². The molecule has 0 aliphatic carbocycles. The fourth-order valence-corrected chi connectivity index (χ4v) is 1.36. The van der Waals surface area contributed by atoms with Crippen molar-refractivity contribution in [1.29, 1.82) is 0 Å². The molecule has 0 fully saturated rings. The molecule has 0 aliphatic heterocycles. The molecule has 0 bridgehead atoms. The number of carboxylic acid groups (broad SMARTS) is 1. The predicted molar refractivity (Wildman–Crippen MR) is 62.8 cm³/mol. The maximum Gasteiger partial charge on any atom is 0.573 e. The molecule has 0 saturated carbocycles. The number of nitrogens with zero attached hydrogens (tertiary/aromatic N) is 1. The highest BCUT2D eigenvalue weighted by molar-refractivity contribution is 5.71. The van der Waals surface area contributed by atoms with Crippen LogP contribution < -0.4 is 4.74 Å². The van der Waals surface area contributed by atoms with E-state index in [4.69, 9.17) is 5.11 Å². The fourth-order valence-electron chi connectivity index (χ4n) is 1.36. The van der Waals surface area contributed by atoms with E-state index in [-0.39, 0.29) is 12.3 Å². The summed E-state index contributed by atoms with van der Waals surface area (Å²) in [5, 5.41) is 8.70. The van der Waals surface area contributed by atoms with E-state index in [1.807, 2.05) is 0 Å². The van der Waals surface area contributed by atoms with E-state index in [1.165, 1.54) is 19.2 Å². The van der Waals surface area contributed by atoms with Gasteiger partial charge in [-0.2, -0.15) is 0 Å². The van der Waals surface area contributed by atoms with Crippen molar-refractivity contribution in [2.24, 2.45) is 0 Å². The van der Waals surface area contributed by atoms with Crippen LogP contribution in [-0.2, 0) is 0 Å². The predicted octanol–water partition coefficient (Wildman–Crippen LogP) is 3.21. The summed E-state index contributed by atoms with van der Waals surface area (Å²) in [5.74, 6) is -0.371. The highest BCUT2D eigenvalue weighted by Crippen LogP contribution is 2.25. The van der Waals surface area contributed by atoms with Crippen molar-refractivity contribution in [3.8, 4) is 5.75 Å². The van der Waals surface area contributed by atoms with Gasteiger partial charge in [-0.3, -0.25) is 0 Å². The first-order valence-electron chi connectivity index (χ1n) is 5.17. The molecule has 1 amide bonds. The van der Waals surface area contributed by atoms with Crippen LogP contribution in [0.1, 0.15) is 5.56 Å². The Kier molecular flexibility index (Phi) is 4.42. The number of halogens is 3. The second kappa shape index (κ2) is 5.64. The highest BCUT2D eigenvalue weighted by Gasteiger charge is 2.31. The minimum Gasteiger partial charge on any atom is -0.465 e. The molecule has 0 spiro atoms. The van der Waals surface area contributed by atoms with Gasteiger partial charge in [-0.25, -0.2) is 4.79 Å². The Morgan fingerprint density at radius 3 is 2.63 bits per heavy atom. The number of ether oxygens (including phenoxy) is 1. The van der Waals surface area contributed by atoms with Crippen LogP contribution in [0.2, 0.25) is 0 Å². The Morgan fingerprint density at radius 2 is 2.11 bits per heavy atom. The molecule has 1 rings (SSSR count). The molecule has 0 unspecified atom stereocenters. The Balaban J connectivity index is 2.81. The molecule has 0 atom stereocenters. The summed E-state index contributed by atoms with van der Waals surface area (Å²) < 4.78 is 40.0. The van der Waals surface area contributed by atoms with E-state index in [0.29, 0.717) is 11.1 Å². The minimum absolute atomic E-state index is 0.00912. The van der Waals surface area contributed by atoms with Crippen molar-refractivity contribution in [2.75, 3.05) is 13.6 Å². The standard InChI is InChI=1S/C12H12F3NO3/c1-8(7-16(2)11(17)18)9-4-3-5-10(6-9)19-12(13,14)15/h3-6H,1,7H2,2H3,(H,17,18). The van der Waals surface area contributed by atoms with Gasteiger partial charge in [-0.05, 0) is 23.3 Å². The van der Waals surface area contributed by atoms with Crippen LogP contribution in [0, 0.1) is 0 Å². The summed E-state index contributed by atoms with van der Waals surface area (Å²) in [6.45, 7) is 3.63. The molecular weight excluding hydrogens is 263 g/mol. The Hall–Kier alpha value is -2.18. The maximum atomic E-state index is 12.1. The largest absolute Gasteiger partial charge is 0.573 e. The van der Waals surface area contributed by atoms with Crippen LogP contribution in [0.4, 0.5) is 18.0 Å². The van der Waals surface area contributed by atoms with Gasteiger partial charge in [0.05, 0.1) is 0 Å². The molecule has 0 aromatic heterocycles. The SMILES string of the molecule is C=C(CN(C)C(=O)O)c1cccc(OC(F)(F)F)c1. The molecular formula is C12H12F3NO3. The van der Waals surface area contributed by atoms with Crippen molar-refractivity contribution in [3.63, 3.8) is 0 Å². The Bertz CT molecular complexity index is 485. The lowest BCUT2D eigenvalue weighted by molar-refractivity contribution is -0.274. The number of alkyl halides is 3. The van der Waals surface area contributed by atoms with Crippen LogP contribution in [0.25, 0.3) is 5.57 Å². The molecule has 0 radical (unpaired) electrons. The van der Waals surface area contributed by atoms with Gasteiger partial charge >= 0.3 is 12.5 Å². The van der Waals surface area contributed by atoms with E-state index in [1.54, 1.807) is 0 Å². The van der Waals surface area contributed by atoms with Crippen LogP contribution >= 0.6 is 0 Å². The van der Waals surface area contributed by atoms with Crippen LogP contribution in [-0.4, -0.2) is 36.1 Å². The molecule has 7 heteroatoms. The molecule has 0 aliphatic rings. The summed E-state index contributed by atoms with van der Waals surface area (Å²) in [4.78, 5) is 11.6. The zero-order valence-electron chi connectivity index (χ0n) is 10.1. The van der Waals surface area contributed by atoms with E-state index in [2.05, 4.69) is 11.3 Å². The molecule has 0 saturated heterocycles. The molecule has 1 N–H and O–H groups in total. The van der Waals surface area contributed by atoms with Crippen LogP contribution in [0.15, 0.2) is 30.8 Å². The second-order valence-electron chi connectivity index (χ2n) is 3.82. The van der Waals surface area contributed by atoms with Gasteiger partial charge in [0.15, 0.2) is 0 Å². The molecule has 4 nitrogen and oxygen atoms in total. The highest BCUT2D eigenvalue weighted by atomic mass is 19.4. The van der Waals surface area contributed by atoms with Crippen molar-refractivity contribution >= 4 is 11.7 Å². The summed E-state index contributed by atoms with van der Waals surface area (Å²) in [6.07, 6.45) is -5.92. The lowest BCUT2D eigenvalue weighted by Crippen LogP contribution is -2.26. The van der Waals surface area contributed by atoms with Gasteiger partial charge in [0, 0.05) is 13.6 Å². The lowest BCUT2D eigenvalue weighted by atomic mass is 10.1. The van der Waals surface area contributed by atoms with Gasteiger partial charge in [-0.1, -0.05) is 18.7 Å². The Labute approximate surface area is 107 Å². The molecule has 1 aromatic carbocycles. The first-order chi connectivity index (χ1) is 8.69. The number of hydrogen-bond acceptors (Lipinski definition) is 2. The van der Waals surface area contributed by atoms with Crippen molar-refractivity contribution < 1.29 is 27.8 Å². The zero-order valence-corrected chi connectivity index (χ0v) is 10.1. The normalized spacial score (nSPS) is 10.9. The Morgan fingerprint density at radius 1 is 1.47 bits per heavy atom.